The van der Waals surface area contributed by atoms with Crippen molar-refractivity contribution in [3.63, 3.8) is 0 Å². The molecular weight excluding hydrogens is 423 g/mol. The summed E-state index contributed by atoms with van der Waals surface area (Å²) in [6.45, 7) is 0. The van der Waals surface area contributed by atoms with Crippen molar-refractivity contribution in [3.05, 3.63) is 58.8 Å². The van der Waals surface area contributed by atoms with Crippen molar-refractivity contribution in [2.24, 2.45) is 0 Å². The molecule has 0 amide bonds. The molecule has 1 N–H and O–H groups in total. The van der Waals surface area contributed by atoms with Gasteiger partial charge in [0, 0.05) is 16.1 Å². The second-order valence-corrected chi connectivity index (χ2v) is 8.82. The number of benzene rings is 2. The van der Waals surface area contributed by atoms with E-state index in [1.807, 2.05) is 0 Å². The quantitative estimate of drug-likeness (QED) is 0.629. The van der Waals surface area contributed by atoms with Gasteiger partial charge in [-0.25, -0.2) is 12.8 Å². The Morgan fingerprint density at radius 2 is 1.73 bits per heavy atom. The van der Waals surface area contributed by atoms with Gasteiger partial charge in [-0.15, -0.1) is 0 Å². The zero-order valence-corrected chi connectivity index (χ0v) is 15.8. The van der Waals surface area contributed by atoms with Crippen LogP contribution in [0.15, 0.2) is 67.3 Å². The van der Waals surface area contributed by atoms with Crippen LogP contribution in [-0.2, 0) is 9.84 Å². The molecule has 3 aromatic rings. The lowest BCUT2D eigenvalue weighted by molar-refractivity contribution is 0.576. The van der Waals surface area contributed by atoms with Crippen molar-refractivity contribution < 1.29 is 17.2 Å². The zero-order chi connectivity index (χ0) is 18.3. The molecule has 1 heterocycles. The van der Waals surface area contributed by atoms with Gasteiger partial charge >= 0.3 is 0 Å². The third kappa shape index (κ3) is 3.39. The van der Waals surface area contributed by atoms with E-state index >= 15 is 0 Å². The SMILES string of the molecule is O=S(=O)(c1ccc(Br)cc1)c1nc(-c2ccc(F)cc2)oc1NC1CC1. The molecule has 0 aliphatic heterocycles. The summed E-state index contributed by atoms with van der Waals surface area (Å²) < 4.78 is 45.7. The first-order chi connectivity index (χ1) is 12.4. The van der Waals surface area contributed by atoms with Crippen LogP contribution in [0.3, 0.4) is 0 Å². The summed E-state index contributed by atoms with van der Waals surface area (Å²) in [5.74, 6) is -0.141. The van der Waals surface area contributed by atoms with Gasteiger partial charge in [0.15, 0.2) is 0 Å². The van der Waals surface area contributed by atoms with Crippen molar-refractivity contribution in [2.45, 2.75) is 28.8 Å². The molecule has 0 spiro atoms. The first kappa shape index (κ1) is 17.2. The zero-order valence-electron chi connectivity index (χ0n) is 13.4. The summed E-state index contributed by atoms with van der Waals surface area (Å²) in [5.41, 5.74) is 0.502. The van der Waals surface area contributed by atoms with Crippen LogP contribution in [0.5, 0.6) is 0 Å². The summed E-state index contributed by atoms with van der Waals surface area (Å²) in [5, 5.41) is 2.92. The van der Waals surface area contributed by atoms with E-state index in [4.69, 9.17) is 4.42 Å². The second-order valence-electron chi connectivity index (χ2n) is 6.04. The molecule has 0 saturated heterocycles. The Morgan fingerprint density at radius 3 is 2.35 bits per heavy atom. The van der Waals surface area contributed by atoms with Crippen LogP contribution in [0.25, 0.3) is 11.5 Å². The molecule has 26 heavy (non-hydrogen) atoms. The molecule has 2 aromatic carbocycles. The average molecular weight is 437 g/mol. The Morgan fingerprint density at radius 1 is 1.08 bits per heavy atom. The highest BCUT2D eigenvalue weighted by Crippen LogP contribution is 2.35. The summed E-state index contributed by atoms with van der Waals surface area (Å²) in [7, 11) is -3.86. The minimum atomic E-state index is -3.86. The van der Waals surface area contributed by atoms with E-state index in [1.165, 1.54) is 36.4 Å². The number of anilines is 1. The van der Waals surface area contributed by atoms with Gasteiger partial charge in [0.1, 0.15) is 5.82 Å². The van der Waals surface area contributed by atoms with E-state index in [2.05, 4.69) is 26.2 Å². The summed E-state index contributed by atoms with van der Waals surface area (Å²) in [4.78, 5) is 4.33. The van der Waals surface area contributed by atoms with Crippen molar-refractivity contribution in [3.8, 4) is 11.5 Å². The molecular formula is C18H14BrFN2O3S. The standard InChI is InChI=1S/C18H14BrFN2O3S/c19-12-3-9-15(10-4-12)26(23,24)18-17(21-14-7-8-14)25-16(22-18)11-1-5-13(20)6-2-11/h1-6,9-10,14,21H,7-8H2. The third-order valence-corrected chi connectivity index (χ3v) is 6.19. The number of hydrogen-bond acceptors (Lipinski definition) is 5. The van der Waals surface area contributed by atoms with Crippen LogP contribution >= 0.6 is 15.9 Å². The van der Waals surface area contributed by atoms with Crippen molar-refractivity contribution >= 4 is 31.7 Å². The molecule has 134 valence electrons. The summed E-state index contributed by atoms with van der Waals surface area (Å²) >= 11 is 3.29. The molecule has 0 atom stereocenters. The van der Waals surface area contributed by atoms with E-state index in [9.17, 15) is 12.8 Å². The largest absolute Gasteiger partial charge is 0.419 e. The topological polar surface area (TPSA) is 72.2 Å². The lowest BCUT2D eigenvalue weighted by Crippen LogP contribution is -2.08. The van der Waals surface area contributed by atoms with E-state index < -0.39 is 9.84 Å². The molecule has 1 fully saturated rings. The van der Waals surface area contributed by atoms with Crippen molar-refractivity contribution in [1.82, 2.24) is 4.98 Å². The molecule has 1 aliphatic carbocycles. The Balaban J connectivity index is 1.80. The number of halogens is 2. The van der Waals surface area contributed by atoms with Crippen molar-refractivity contribution in [1.29, 1.82) is 0 Å². The summed E-state index contributed by atoms with van der Waals surface area (Å²) in [6.07, 6.45) is 1.90. The van der Waals surface area contributed by atoms with Crippen molar-refractivity contribution in [2.75, 3.05) is 5.32 Å². The number of hydrogen-bond donors (Lipinski definition) is 1. The highest BCUT2D eigenvalue weighted by Gasteiger charge is 2.32. The maximum atomic E-state index is 13.1. The van der Waals surface area contributed by atoms with Crippen LogP contribution in [0, 0.1) is 5.82 Å². The molecule has 8 heteroatoms. The van der Waals surface area contributed by atoms with E-state index in [0.717, 1.165) is 17.3 Å². The monoisotopic (exact) mass is 436 g/mol. The molecule has 0 radical (unpaired) electrons. The maximum Gasteiger partial charge on any atom is 0.234 e. The number of rotatable bonds is 5. The predicted molar refractivity (Wildman–Crippen MR) is 98.1 cm³/mol. The first-order valence-electron chi connectivity index (χ1n) is 7.97. The lowest BCUT2D eigenvalue weighted by Gasteiger charge is -2.05. The summed E-state index contributed by atoms with van der Waals surface area (Å²) in [6, 6.07) is 12.1. The van der Waals surface area contributed by atoms with E-state index in [0.29, 0.717) is 5.56 Å². The molecule has 1 saturated carbocycles. The fourth-order valence-electron chi connectivity index (χ4n) is 2.43. The maximum absolute atomic E-state index is 13.1. The minimum absolute atomic E-state index is 0.120. The van der Waals surface area contributed by atoms with Crippen LogP contribution in [0.4, 0.5) is 10.3 Å². The van der Waals surface area contributed by atoms with Crippen LogP contribution in [0.1, 0.15) is 12.8 Å². The number of oxazole rings is 1. The highest BCUT2D eigenvalue weighted by atomic mass is 79.9. The van der Waals surface area contributed by atoms with E-state index in [1.54, 1.807) is 12.1 Å². The van der Waals surface area contributed by atoms with Gasteiger partial charge in [-0.1, -0.05) is 15.9 Å². The second kappa shape index (κ2) is 6.51. The fraction of sp³-hybridized carbons (Fsp3) is 0.167. The van der Waals surface area contributed by atoms with Crippen LogP contribution in [0.2, 0.25) is 0 Å². The van der Waals surface area contributed by atoms with Crippen LogP contribution in [-0.4, -0.2) is 19.4 Å². The molecule has 1 aromatic heterocycles. The Labute approximate surface area is 158 Å². The number of aromatic nitrogens is 1. The highest BCUT2D eigenvalue weighted by molar-refractivity contribution is 9.10. The van der Waals surface area contributed by atoms with Gasteiger partial charge in [-0.2, -0.15) is 4.98 Å². The first-order valence-corrected chi connectivity index (χ1v) is 10.2. The molecule has 0 bridgehead atoms. The fourth-order valence-corrected chi connectivity index (χ4v) is 3.96. The Kier molecular flexibility index (Phi) is 4.32. The third-order valence-electron chi connectivity index (χ3n) is 3.98. The smallest absolute Gasteiger partial charge is 0.234 e. The minimum Gasteiger partial charge on any atom is -0.419 e. The Bertz CT molecular complexity index is 1040. The number of sulfone groups is 1. The molecule has 1 aliphatic rings. The van der Waals surface area contributed by atoms with Gasteiger partial charge in [-0.05, 0) is 61.4 Å². The van der Waals surface area contributed by atoms with Gasteiger partial charge in [0.05, 0.1) is 4.90 Å². The number of nitrogens with one attached hydrogen (secondary N) is 1. The van der Waals surface area contributed by atoms with Gasteiger partial charge < -0.3 is 9.73 Å². The molecule has 5 nitrogen and oxygen atoms in total. The average Bonchev–Trinajstić information content (AvgIpc) is 3.32. The molecule has 4 rings (SSSR count). The Hall–Kier alpha value is -2.19. The van der Waals surface area contributed by atoms with Gasteiger partial charge in [-0.3, -0.25) is 0 Å². The normalized spacial score (nSPS) is 14.4. The van der Waals surface area contributed by atoms with Gasteiger partial charge in [0.2, 0.25) is 26.6 Å². The molecule has 0 unspecified atom stereocenters. The lowest BCUT2D eigenvalue weighted by atomic mass is 10.2. The predicted octanol–water partition coefficient (Wildman–Crippen LogP) is 4.65. The number of nitrogens with zero attached hydrogens (tertiary/aromatic N) is 1. The van der Waals surface area contributed by atoms with Gasteiger partial charge in [0.25, 0.3) is 0 Å². The van der Waals surface area contributed by atoms with Crippen LogP contribution < -0.4 is 5.32 Å². The van der Waals surface area contributed by atoms with E-state index in [-0.39, 0.29) is 33.6 Å².